The number of allylic oxidation sites excluding steroid dienone is 1. The zero-order valence-electron chi connectivity index (χ0n) is 18.4. The van der Waals surface area contributed by atoms with Gasteiger partial charge < -0.3 is 15.7 Å². The van der Waals surface area contributed by atoms with Gasteiger partial charge in [-0.25, -0.2) is 0 Å². The topological polar surface area (TPSA) is 61.4 Å². The van der Waals surface area contributed by atoms with E-state index in [1.165, 1.54) is 11.1 Å². The van der Waals surface area contributed by atoms with Crippen LogP contribution in [0.5, 0.6) is 0 Å². The van der Waals surface area contributed by atoms with Crippen LogP contribution in [0.15, 0.2) is 48.8 Å². The number of aryl methyl sites for hydroxylation is 1. The van der Waals surface area contributed by atoms with E-state index in [1.54, 1.807) is 0 Å². The summed E-state index contributed by atoms with van der Waals surface area (Å²) in [5.74, 6) is -0.458. The maximum Gasteiger partial charge on any atom is 0.303 e. The summed E-state index contributed by atoms with van der Waals surface area (Å²) in [6.07, 6.45) is 1.60. The molecule has 4 heteroatoms. The van der Waals surface area contributed by atoms with Gasteiger partial charge in [0.05, 0.1) is 6.04 Å². The zero-order chi connectivity index (χ0) is 21.5. The third kappa shape index (κ3) is 6.74. The smallest absolute Gasteiger partial charge is 0.303 e. The van der Waals surface area contributed by atoms with Crippen molar-refractivity contribution in [1.82, 2.24) is 10.6 Å². The maximum absolute atomic E-state index is 10.9. The van der Waals surface area contributed by atoms with Crippen LogP contribution in [0.3, 0.4) is 0 Å². The molecule has 0 bridgehead atoms. The molecule has 3 N–H and O–H groups in total. The molecule has 0 amide bonds. The average Bonchev–Trinajstić information content (AvgIpc) is 2.62. The Bertz CT molecular complexity index is 674. The van der Waals surface area contributed by atoms with Crippen LogP contribution in [-0.4, -0.2) is 23.2 Å². The van der Waals surface area contributed by atoms with E-state index in [1.807, 2.05) is 0 Å². The van der Waals surface area contributed by atoms with Crippen LogP contribution >= 0.6 is 0 Å². The monoisotopic (exact) mass is 386 g/mol. The molecule has 0 spiro atoms. The molecule has 0 aliphatic rings. The maximum atomic E-state index is 10.9. The van der Waals surface area contributed by atoms with Gasteiger partial charge in [0.1, 0.15) is 0 Å². The predicted octanol–water partition coefficient (Wildman–Crippen LogP) is 5.15. The number of rotatable bonds is 12. The largest absolute Gasteiger partial charge is 0.481 e. The molecule has 0 heterocycles. The van der Waals surface area contributed by atoms with Gasteiger partial charge in [0.2, 0.25) is 0 Å². The second kappa shape index (κ2) is 10.4. The van der Waals surface area contributed by atoms with E-state index in [-0.39, 0.29) is 23.9 Å². The van der Waals surface area contributed by atoms with E-state index in [0.29, 0.717) is 12.3 Å². The van der Waals surface area contributed by atoms with E-state index in [0.717, 1.165) is 17.8 Å². The molecular weight excluding hydrogens is 348 g/mol. The number of benzene rings is 1. The third-order valence-corrected chi connectivity index (χ3v) is 5.49. The zero-order valence-corrected chi connectivity index (χ0v) is 18.4. The SMILES string of the molecule is C=C(N[C@@H](CC)CCC(=O)O)[C@@H](NC(=C)C(C)(C)c1ccc(C)cc1)C(C)C. The lowest BCUT2D eigenvalue weighted by Gasteiger charge is -2.35. The van der Waals surface area contributed by atoms with Gasteiger partial charge in [0.15, 0.2) is 0 Å². The first-order valence-electron chi connectivity index (χ1n) is 10.2. The van der Waals surface area contributed by atoms with Crippen molar-refractivity contribution in [1.29, 1.82) is 0 Å². The Hall–Kier alpha value is -2.23. The number of carboxylic acids is 1. The summed E-state index contributed by atoms with van der Waals surface area (Å²) >= 11 is 0. The summed E-state index contributed by atoms with van der Waals surface area (Å²) in [5.41, 5.74) is 4.05. The second-order valence-electron chi connectivity index (χ2n) is 8.54. The highest BCUT2D eigenvalue weighted by molar-refractivity contribution is 5.66. The lowest BCUT2D eigenvalue weighted by molar-refractivity contribution is -0.137. The predicted molar refractivity (Wildman–Crippen MR) is 118 cm³/mol. The quantitative estimate of drug-likeness (QED) is 0.465. The van der Waals surface area contributed by atoms with Crippen molar-refractivity contribution >= 4 is 5.97 Å². The van der Waals surface area contributed by atoms with Gasteiger partial charge in [0, 0.05) is 29.3 Å². The number of nitrogens with one attached hydrogen (secondary N) is 2. The molecule has 1 aromatic carbocycles. The molecular formula is C24H38N2O2. The highest BCUT2D eigenvalue weighted by atomic mass is 16.4. The Labute approximate surface area is 171 Å². The van der Waals surface area contributed by atoms with Crippen molar-refractivity contribution in [3.05, 3.63) is 59.9 Å². The molecule has 4 nitrogen and oxygen atoms in total. The van der Waals surface area contributed by atoms with Gasteiger partial charge >= 0.3 is 5.97 Å². The normalized spacial score (nSPS) is 13.7. The van der Waals surface area contributed by atoms with Crippen LogP contribution in [0.4, 0.5) is 0 Å². The summed E-state index contributed by atoms with van der Waals surface area (Å²) in [7, 11) is 0. The number of aliphatic carboxylic acids is 1. The van der Waals surface area contributed by atoms with Gasteiger partial charge in [-0.1, -0.05) is 77.6 Å². The first-order valence-corrected chi connectivity index (χ1v) is 10.2. The van der Waals surface area contributed by atoms with Crippen LogP contribution in [0.25, 0.3) is 0 Å². The molecule has 1 rings (SSSR count). The number of carboxylic acid groups (broad SMARTS) is 1. The van der Waals surface area contributed by atoms with Gasteiger partial charge in [-0.15, -0.1) is 0 Å². The molecule has 0 aromatic heterocycles. The van der Waals surface area contributed by atoms with E-state index >= 15 is 0 Å². The van der Waals surface area contributed by atoms with Crippen molar-refractivity contribution in [2.75, 3.05) is 0 Å². The molecule has 0 aliphatic carbocycles. The summed E-state index contributed by atoms with van der Waals surface area (Å²) in [6.45, 7) is 21.4. The fourth-order valence-electron chi connectivity index (χ4n) is 3.20. The fourth-order valence-corrected chi connectivity index (χ4v) is 3.20. The molecule has 1 aromatic rings. The summed E-state index contributed by atoms with van der Waals surface area (Å²) in [5, 5.41) is 16.0. The van der Waals surface area contributed by atoms with Crippen molar-refractivity contribution < 1.29 is 9.90 Å². The van der Waals surface area contributed by atoms with Gasteiger partial charge in [-0.05, 0) is 31.2 Å². The van der Waals surface area contributed by atoms with E-state index in [2.05, 4.69) is 89.6 Å². The number of carbonyl (C=O) groups is 1. The van der Waals surface area contributed by atoms with Crippen molar-refractivity contribution in [2.45, 2.75) is 78.3 Å². The minimum absolute atomic E-state index is 0.0103. The lowest BCUT2D eigenvalue weighted by Crippen LogP contribution is -2.45. The van der Waals surface area contributed by atoms with Gasteiger partial charge in [-0.3, -0.25) is 4.79 Å². The molecule has 0 aliphatic heterocycles. The highest BCUT2D eigenvalue weighted by Gasteiger charge is 2.28. The molecule has 0 saturated heterocycles. The van der Waals surface area contributed by atoms with Crippen LogP contribution in [0.2, 0.25) is 0 Å². The third-order valence-electron chi connectivity index (χ3n) is 5.49. The molecule has 2 atom stereocenters. The Balaban J connectivity index is 2.87. The molecule has 28 heavy (non-hydrogen) atoms. The van der Waals surface area contributed by atoms with Crippen LogP contribution < -0.4 is 10.6 Å². The minimum atomic E-state index is -0.766. The fraction of sp³-hybridized carbons (Fsp3) is 0.542. The number of hydrogen-bond donors (Lipinski definition) is 3. The van der Waals surface area contributed by atoms with Crippen molar-refractivity contribution in [3.8, 4) is 0 Å². The van der Waals surface area contributed by atoms with Crippen LogP contribution in [-0.2, 0) is 10.2 Å². The first-order chi connectivity index (χ1) is 13.0. The van der Waals surface area contributed by atoms with Crippen LogP contribution in [0.1, 0.15) is 65.0 Å². The van der Waals surface area contributed by atoms with E-state index in [4.69, 9.17) is 5.11 Å². The molecule has 156 valence electrons. The molecule has 0 fully saturated rings. The van der Waals surface area contributed by atoms with E-state index in [9.17, 15) is 4.79 Å². The standard InChI is InChI=1S/C24H38N2O2/c1-9-21(14-15-22(27)28)25-18(5)23(16(2)3)26-19(6)24(7,8)20-12-10-17(4)11-13-20/h10-13,16,21,23,25-26H,5-6,9,14-15H2,1-4,7-8H3,(H,27,28)/t21-,23-/m0/s1. The van der Waals surface area contributed by atoms with Crippen molar-refractivity contribution in [2.24, 2.45) is 5.92 Å². The lowest BCUT2D eigenvalue weighted by atomic mass is 9.81. The summed E-state index contributed by atoms with van der Waals surface area (Å²) in [4.78, 5) is 10.9. The highest BCUT2D eigenvalue weighted by Crippen LogP contribution is 2.30. The van der Waals surface area contributed by atoms with Crippen molar-refractivity contribution in [3.63, 3.8) is 0 Å². The molecule has 0 radical (unpaired) electrons. The minimum Gasteiger partial charge on any atom is -0.481 e. The van der Waals surface area contributed by atoms with Gasteiger partial charge in [-0.2, -0.15) is 0 Å². The first kappa shape index (κ1) is 23.8. The number of hydrogen-bond acceptors (Lipinski definition) is 3. The Morgan fingerprint density at radius 1 is 1.14 bits per heavy atom. The average molecular weight is 387 g/mol. The molecule has 0 saturated carbocycles. The Kier molecular flexibility index (Phi) is 8.80. The summed E-state index contributed by atoms with van der Waals surface area (Å²) < 4.78 is 0. The van der Waals surface area contributed by atoms with E-state index < -0.39 is 5.97 Å². The summed E-state index contributed by atoms with van der Waals surface area (Å²) in [6, 6.07) is 8.66. The molecule has 0 unspecified atom stereocenters. The Morgan fingerprint density at radius 2 is 1.71 bits per heavy atom. The van der Waals surface area contributed by atoms with Gasteiger partial charge in [0.25, 0.3) is 0 Å². The second-order valence-corrected chi connectivity index (χ2v) is 8.54. The van der Waals surface area contributed by atoms with Crippen LogP contribution in [0, 0.1) is 12.8 Å². The Morgan fingerprint density at radius 3 is 2.18 bits per heavy atom.